The first kappa shape index (κ1) is 32.6. The smallest absolute Gasteiger partial charge is 0.318 e. The summed E-state index contributed by atoms with van der Waals surface area (Å²) < 4.78 is 12.8. The number of primary amides is 1. The maximum atomic E-state index is 13.1. The Morgan fingerprint density at radius 2 is 1.90 bits per heavy atom. The Hall–Kier alpha value is -2.91. The fourth-order valence-electron chi connectivity index (χ4n) is 5.90. The number of nitrogens with two attached hydrogens (primary N) is 1. The monoisotopic (exact) mass is 570 g/mol. The van der Waals surface area contributed by atoms with Crippen LogP contribution in [0.5, 0.6) is 11.5 Å². The highest BCUT2D eigenvalue weighted by Crippen LogP contribution is 2.49. The van der Waals surface area contributed by atoms with Crippen molar-refractivity contribution in [3.05, 3.63) is 28.8 Å². The Balaban J connectivity index is 2.00. The van der Waals surface area contributed by atoms with Gasteiger partial charge in [0.05, 0.1) is 12.1 Å². The molecule has 0 bridgehead atoms. The third-order valence-corrected chi connectivity index (χ3v) is 8.39. The SMILES string of the molecule is CCCCCC(C)C(C)c1cc(OC(=O)CCCN(C)C)c2c(c1)OC(C)(C)C1=C2CN(CC(=O)NC(N)=O)CC1. The molecule has 41 heavy (non-hydrogen) atoms. The van der Waals surface area contributed by atoms with Crippen molar-refractivity contribution < 1.29 is 23.9 Å². The van der Waals surface area contributed by atoms with Crippen LogP contribution in [0.1, 0.15) is 96.6 Å². The van der Waals surface area contributed by atoms with Gasteiger partial charge in [-0.3, -0.25) is 19.8 Å². The van der Waals surface area contributed by atoms with Gasteiger partial charge in [0.25, 0.3) is 0 Å². The molecule has 1 aromatic rings. The number of carbonyl (C=O) groups excluding carboxylic acids is 3. The first-order valence-electron chi connectivity index (χ1n) is 15.1. The molecular weight excluding hydrogens is 520 g/mol. The first-order valence-corrected chi connectivity index (χ1v) is 15.1. The van der Waals surface area contributed by atoms with Crippen molar-refractivity contribution in [1.82, 2.24) is 15.1 Å². The molecule has 2 unspecified atom stereocenters. The van der Waals surface area contributed by atoms with Crippen LogP contribution in [0.2, 0.25) is 0 Å². The molecule has 3 amide bonds. The first-order chi connectivity index (χ1) is 19.3. The molecule has 0 aliphatic carbocycles. The third-order valence-electron chi connectivity index (χ3n) is 8.39. The fourth-order valence-corrected chi connectivity index (χ4v) is 5.90. The number of hydrogen-bond donors (Lipinski definition) is 2. The van der Waals surface area contributed by atoms with Crippen LogP contribution in [-0.4, -0.2) is 73.6 Å². The maximum absolute atomic E-state index is 13.1. The Labute approximate surface area is 245 Å². The van der Waals surface area contributed by atoms with Crippen LogP contribution in [0, 0.1) is 5.92 Å². The van der Waals surface area contributed by atoms with Gasteiger partial charge in [0.15, 0.2) is 0 Å². The minimum absolute atomic E-state index is 0.0421. The third kappa shape index (κ3) is 8.79. The highest BCUT2D eigenvalue weighted by atomic mass is 16.5. The van der Waals surface area contributed by atoms with E-state index >= 15 is 0 Å². The molecule has 2 aliphatic heterocycles. The maximum Gasteiger partial charge on any atom is 0.318 e. The van der Waals surface area contributed by atoms with Crippen molar-refractivity contribution in [2.75, 3.05) is 40.3 Å². The molecule has 1 aromatic carbocycles. The molecule has 228 valence electrons. The second-order valence-corrected chi connectivity index (χ2v) is 12.5. The average molecular weight is 571 g/mol. The van der Waals surface area contributed by atoms with Crippen LogP contribution < -0.4 is 20.5 Å². The predicted molar refractivity (Wildman–Crippen MR) is 162 cm³/mol. The molecule has 2 aliphatic rings. The number of carbonyl (C=O) groups is 3. The van der Waals surface area contributed by atoms with E-state index in [1.165, 1.54) is 19.3 Å². The van der Waals surface area contributed by atoms with E-state index in [-0.39, 0.29) is 18.4 Å². The Kier molecular flexibility index (Phi) is 11.4. The number of benzene rings is 1. The number of imide groups is 1. The number of unbranched alkanes of at least 4 members (excludes halogenated alkanes) is 2. The number of esters is 1. The molecule has 2 heterocycles. The van der Waals surface area contributed by atoms with Crippen molar-refractivity contribution in [3.8, 4) is 11.5 Å². The van der Waals surface area contributed by atoms with Gasteiger partial charge in [-0.1, -0.05) is 46.5 Å². The lowest BCUT2D eigenvalue weighted by molar-refractivity contribution is -0.134. The van der Waals surface area contributed by atoms with E-state index in [0.29, 0.717) is 49.8 Å². The topological polar surface area (TPSA) is 114 Å². The van der Waals surface area contributed by atoms with Crippen LogP contribution in [0.15, 0.2) is 17.7 Å². The predicted octanol–water partition coefficient (Wildman–Crippen LogP) is 5.08. The van der Waals surface area contributed by atoms with Gasteiger partial charge in [-0.05, 0) is 88.0 Å². The number of fused-ring (bicyclic) bond motifs is 2. The van der Waals surface area contributed by atoms with E-state index in [1.807, 2.05) is 25.1 Å². The summed E-state index contributed by atoms with van der Waals surface area (Å²) in [5, 5.41) is 2.16. The van der Waals surface area contributed by atoms with E-state index in [0.717, 1.165) is 35.2 Å². The van der Waals surface area contributed by atoms with E-state index in [4.69, 9.17) is 15.2 Å². The highest BCUT2D eigenvalue weighted by molar-refractivity contribution is 5.94. The normalized spacial score (nSPS) is 17.8. The molecule has 3 rings (SSSR count). The quantitative estimate of drug-likeness (QED) is 0.193. The molecule has 0 spiro atoms. The van der Waals surface area contributed by atoms with E-state index < -0.39 is 17.5 Å². The van der Waals surface area contributed by atoms with Gasteiger partial charge in [-0.15, -0.1) is 0 Å². The second-order valence-electron chi connectivity index (χ2n) is 12.5. The highest BCUT2D eigenvalue weighted by Gasteiger charge is 2.40. The van der Waals surface area contributed by atoms with Crippen LogP contribution >= 0.6 is 0 Å². The number of rotatable bonds is 13. The number of nitrogens with zero attached hydrogens (tertiary/aromatic N) is 2. The van der Waals surface area contributed by atoms with Crippen LogP contribution in [0.25, 0.3) is 5.57 Å². The largest absolute Gasteiger partial charge is 0.483 e. The standard InChI is InChI=1S/C32H50N4O5/c1-8-9-10-12-21(2)22(3)23-17-26(40-29(38)13-11-15-35(6)7)30-24-19-36(20-28(37)34-31(33)39)16-14-25(24)32(4,5)41-27(30)18-23/h17-18,21-22H,8-16,19-20H2,1-7H3,(H3,33,34,37,39). The minimum atomic E-state index is -0.863. The van der Waals surface area contributed by atoms with Gasteiger partial charge < -0.3 is 20.1 Å². The average Bonchev–Trinajstić information content (AvgIpc) is 2.86. The second kappa shape index (κ2) is 14.3. The molecule has 9 heteroatoms. The van der Waals surface area contributed by atoms with E-state index in [2.05, 4.69) is 50.9 Å². The number of nitrogens with one attached hydrogen (secondary N) is 1. The zero-order chi connectivity index (χ0) is 30.3. The summed E-state index contributed by atoms with van der Waals surface area (Å²) in [6, 6.07) is 3.28. The Morgan fingerprint density at radius 3 is 2.56 bits per heavy atom. The molecule has 0 saturated heterocycles. The summed E-state index contributed by atoms with van der Waals surface area (Å²) in [7, 11) is 3.97. The molecule has 2 atom stereocenters. The number of amides is 3. The molecule has 0 saturated carbocycles. The van der Waals surface area contributed by atoms with Crippen molar-refractivity contribution in [2.45, 2.75) is 91.1 Å². The van der Waals surface area contributed by atoms with Crippen molar-refractivity contribution >= 4 is 23.5 Å². The summed E-state index contributed by atoms with van der Waals surface area (Å²) in [6.45, 7) is 12.8. The van der Waals surface area contributed by atoms with Gasteiger partial charge in [-0.25, -0.2) is 4.79 Å². The van der Waals surface area contributed by atoms with E-state index in [1.54, 1.807) is 0 Å². The summed E-state index contributed by atoms with van der Waals surface area (Å²) >= 11 is 0. The lowest BCUT2D eigenvalue weighted by Crippen LogP contribution is -2.46. The van der Waals surface area contributed by atoms with Crippen molar-refractivity contribution in [2.24, 2.45) is 11.7 Å². The van der Waals surface area contributed by atoms with Gasteiger partial charge in [-0.2, -0.15) is 0 Å². The van der Waals surface area contributed by atoms with Crippen molar-refractivity contribution in [3.63, 3.8) is 0 Å². The fraction of sp³-hybridized carbons (Fsp3) is 0.656. The molecule has 9 nitrogen and oxygen atoms in total. The Bertz CT molecular complexity index is 1140. The summed E-state index contributed by atoms with van der Waals surface area (Å²) in [5.74, 6) is 1.23. The lowest BCUT2D eigenvalue weighted by atomic mass is 9.79. The minimum Gasteiger partial charge on any atom is -0.483 e. The molecule has 3 N–H and O–H groups in total. The van der Waals surface area contributed by atoms with Crippen molar-refractivity contribution in [1.29, 1.82) is 0 Å². The molecule has 0 aromatic heterocycles. The van der Waals surface area contributed by atoms with Crippen LogP contribution in [0.3, 0.4) is 0 Å². The number of ether oxygens (including phenoxy) is 2. The Morgan fingerprint density at radius 1 is 1.17 bits per heavy atom. The lowest BCUT2D eigenvalue weighted by Gasteiger charge is -2.42. The van der Waals surface area contributed by atoms with Crippen LogP contribution in [0.4, 0.5) is 4.79 Å². The zero-order valence-electron chi connectivity index (χ0n) is 26.1. The van der Waals surface area contributed by atoms with Gasteiger partial charge in [0, 0.05) is 19.5 Å². The number of hydrogen-bond acceptors (Lipinski definition) is 7. The summed E-state index contributed by atoms with van der Waals surface area (Å²) in [5.41, 5.74) is 8.63. The number of urea groups is 1. The summed E-state index contributed by atoms with van der Waals surface area (Å²) in [6.07, 6.45) is 6.45. The zero-order valence-corrected chi connectivity index (χ0v) is 26.1. The van der Waals surface area contributed by atoms with Gasteiger partial charge in [0.1, 0.15) is 17.1 Å². The molecule has 0 radical (unpaired) electrons. The van der Waals surface area contributed by atoms with Gasteiger partial charge >= 0.3 is 12.0 Å². The van der Waals surface area contributed by atoms with Crippen LogP contribution in [-0.2, 0) is 9.59 Å². The van der Waals surface area contributed by atoms with E-state index in [9.17, 15) is 14.4 Å². The summed E-state index contributed by atoms with van der Waals surface area (Å²) in [4.78, 5) is 40.6. The van der Waals surface area contributed by atoms with Gasteiger partial charge in [0.2, 0.25) is 5.91 Å². The molecular formula is C32H50N4O5. The molecule has 0 fully saturated rings.